The molecule has 1 heterocycles. The molecule has 0 aliphatic heterocycles. The molecule has 34 heavy (non-hydrogen) atoms. The van der Waals surface area contributed by atoms with E-state index >= 15 is 0 Å². The lowest BCUT2D eigenvalue weighted by atomic mass is 10.1. The number of carboxylic acid groups (broad SMARTS) is 1. The number of anilines is 2. The Morgan fingerprint density at radius 3 is 1.94 bits per heavy atom. The fourth-order valence-corrected chi connectivity index (χ4v) is 4.26. The van der Waals surface area contributed by atoms with Crippen molar-refractivity contribution < 1.29 is 14.7 Å². The number of fused-ring (bicyclic) bond motifs is 1. The first kappa shape index (κ1) is 21.5. The molecule has 1 N–H and O–H groups in total. The molecule has 5 rings (SSSR count). The van der Waals surface area contributed by atoms with E-state index in [1.54, 1.807) is 27.8 Å². The zero-order chi connectivity index (χ0) is 23.7. The van der Waals surface area contributed by atoms with E-state index in [0.29, 0.717) is 27.2 Å². The summed E-state index contributed by atoms with van der Waals surface area (Å²) in [6, 6.07) is 30.9. The van der Waals surface area contributed by atoms with Crippen LogP contribution in [0.5, 0.6) is 0 Å². The van der Waals surface area contributed by atoms with Crippen LogP contribution in [0.4, 0.5) is 11.4 Å². The fourth-order valence-electron chi connectivity index (χ4n) is 4.09. The summed E-state index contributed by atoms with van der Waals surface area (Å²) in [7, 11) is 0. The van der Waals surface area contributed by atoms with Crippen molar-refractivity contribution in [1.29, 1.82) is 0 Å². The lowest BCUT2D eigenvalue weighted by Gasteiger charge is -2.23. The number of benzene rings is 4. The van der Waals surface area contributed by atoms with Crippen molar-refractivity contribution in [3.05, 3.63) is 125 Å². The van der Waals surface area contributed by atoms with Crippen LogP contribution in [0.1, 0.15) is 20.7 Å². The van der Waals surface area contributed by atoms with Gasteiger partial charge in [0.25, 0.3) is 5.91 Å². The Morgan fingerprint density at radius 2 is 1.32 bits per heavy atom. The molecule has 5 nitrogen and oxygen atoms in total. The van der Waals surface area contributed by atoms with Crippen LogP contribution in [-0.2, 0) is 0 Å². The summed E-state index contributed by atoms with van der Waals surface area (Å²) in [4.78, 5) is 27.6. The first-order valence-electron chi connectivity index (χ1n) is 10.6. The Balaban J connectivity index is 1.73. The van der Waals surface area contributed by atoms with Crippen LogP contribution in [0.3, 0.4) is 0 Å². The van der Waals surface area contributed by atoms with Crippen molar-refractivity contribution >= 4 is 45.8 Å². The Labute approximate surface area is 201 Å². The molecule has 0 radical (unpaired) electrons. The van der Waals surface area contributed by atoms with Crippen molar-refractivity contribution in [3.63, 3.8) is 0 Å². The molecule has 1 amide bonds. The summed E-state index contributed by atoms with van der Waals surface area (Å²) in [5, 5.41) is 10.9. The van der Waals surface area contributed by atoms with Crippen LogP contribution >= 0.6 is 11.6 Å². The topological polar surface area (TPSA) is 62.5 Å². The normalized spacial score (nSPS) is 10.9. The van der Waals surface area contributed by atoms with Crippen LogP contribution < -0.4 is 4.90 Å². The minimum Gasteiger partial charge on any atom is -0.478 e. The lowest BCUT2D eigenvalue weighted by molar-refractivity contribution is 0.0696. The zero-order valence-corrected chi connectivity index (χ0v) is 18.7. The summed E-state index contributed by atoms with van der Waals surface area (Å²) in [5.74, 6) is -1.31. The molecule has 0 bridgehead atoms. The van der Waals surface area contributed by atoms with E-state index in [2.05, 4.69) is 0 Å². The molecule has 0 saturated carbocycles. The second-order valence-corrected chi connectivity index (χ2v) is 8.14. The van der Waals surface area contributed by atoms with Gasteiger partial charge in [-0.3, -0.25) is 9.69 Å². The first-order valence-corrected chi connectivity index (χ1v) is 11.0. The summed E-state index contributed by atoms with van der Waals surface area (Å²) >= 11 is 6.22. The van der Waals surface area contributed by atoms with E-state index in [1.165, 1.54) is 6.07 Å². The lowest BCUT2D eigenvalue weighted by Crippen LogP contribution is -2.25. The van der Waals surface area contributed by atoms with Gasteiger partial charge in [-0.2, -0.15) is 0 Å². The van der Waals surface area contributed by atoms with Crippen LogP contribution in [-0.4, -0.2) is 21.6 Å². The number of aromatic nitrogens is 1. The maximum absolute atomic E-state index is 14.1. The van der Waals surface area contributed by atoms with Gasteiger partial charge in [0, 0.05) is 28.0 Å². The third-order valence-electron chi connectivity index (χ3n) is 5.62. The van der Waals surface area contributed by atoms with E-state index in [9.17, 15) is 14.7 Å². The van der Waals surface area contributed by atoms with Gasteiger partial charge in [-0.1, -0.05) is 66.2 Å². The average molecular weight is 467 g/mol. The fraction of sp³-hybridized carbons (Fsp3) is 0. The quantitative estimate of drug-likeness (QED) is 0.304. The highest BCUT2D eigenvalue weighted by atomic mass is 35.5. The highest BCUT2D eigenvalue weighted by Gasteiger charge is 2.25. The van der Waals surface area contributed by atoms with Gasteiger partial charge in [-0.25, -0.2) is 4.79 Å². The molecule has 166 valence electrons. The number of amides is 1. The number of rotatable bonds is 5. The predicted molar refractivity (Wildman–Crippen MR) is 135 cm³/mol. The van der Waals surface area contributed by atoms with E-state index in [-0.39, 0.29) is 11.5 Å². The highest BCUT2D eigenvalue weighted by molar-refractivity contribution is 6.31. The predicted octanol–water partition coefficient (Wildman–Crippen LogP) is 6.96. The molecule has 0 aliphatic carbocycles. The van der Waals surface area contributed by atoms with E-state index in [1.807, 2.05) is 84.9 Å². The minimum absolute atomic E-state index is 0.0899. The second-order valence-electron chi connectivity index (χ2n) is 7.71. The number of carbonyl (C=O) groups excluding carboxylic acids is 1. The molecule has 0 aliphatic rings. The number of aromatic carboxylic acids is 1. The molecule has 5 aromatic rings. The summed E-state index contributed by atoms with van der Waals surface area (Å²) in [6.45, 7) is 0. The van der Waals surface area contributed by atoms with Gasteiger partial charge in [-0.15, -0.1) is 0 Å². The third-order valence-corrected chi connectivity index (χ3v) is 5.86. The first-order chi connectivity index (χ1) is 16.5. The number of para-hydroxylation sites is 3. The van der Waals surface area contributed by atoms with Crippen molar-refractivity contribution in [2.24, 2.45) is 0 Å². The maximum Gasteiger partial charge on any atom is 0.337 e. The molecule has 4 aromatic carbocycles. The number of hydrogen-bond acceptors (Lipinski definition) is 2. The van der Waals surface area contributed by atoms with Crippen LogP contribution in [0.15, 0.2) is 109 Å². The molecule has 1 aromatic heterocycles. The Bertz CT molecular complexity index is 1470. The summed E-state index contributed by atoms with van der Waals surface area (Å²) < 4.78 is 1.71. The van der Waals surface area contributed by atoms with Crippen molar-refractivity contribution in [1.82, 2.24) is 4.57 Å². The monoisotopic (exact) mass is 466 g/mol. The zero-order valence-electron chi connectivity index (χ0n) is 17.9. The van der Waals surface area contributed by atoms with Crippen LogP contribution in [0, 0.1) is 0 Å². The molecule has 0 spiro atoms. The number of nitrogens with zero attached hydrogens (tertiary/aromatic N) is 2. The number of hydrogen-bond donors (Lipinski definition) is 1. The Morgan fingerprint density at radius 1 is 0.735 bits per heavy atom. The SMILES string of the molecule is O=C(O)c1ccc(Cl)cc1-n1cc(C(=O)N(c2ccccc2)c2ccccc2)c2ccccc21. The van der Waals surface area contributed by atoms with Gasteiger partial charge in [0.05, 0.1) is 22.3 Å². The smallest absolute Gasteiger partial charge is 0.337 e. The number of carbonyl (C=O) groups is 2. The van der Waals surface area contributed by atoms with Gasteiger partial charge in [0.15, 0.2) is 0 Å². The van der Waals surface area contributed by atoms with Crippen LogP contribution in [0.25, 0.3) is 16.6 Å². The second kappa shape index (κ2) is 8.89. The van der Waals surface area contributed by atoms with Gasteiger partial charge in [0.2, 0.25) is 0 Å². The van der Waals surface area contributed by atoms with E-state index in [0.717, 1.165) is 11.4 Å². The largest absolute Gasteiger partial charge is 0.478 e. The summed E-state index contributed by atoms with van der Waals surface area (Å²) in [6.07, 6.45) is 1.68. The average Bonchev–Trinajstić information content (AvgIpc) is 3.25. The van der Waals surface area contributed by atoms with Crippen molar-refractivity contribution in [2.45, 2.75) is 0 Å². The third kappa shape index (κ3) is 3.83. The molecule has 0 saturated heterocycles. The molecule has 0 atom stereocenters. The summed E-state index contributed by atoms with van der Waals surface area (Å²) in [5.41, 5.74) is 3.08. The molecule has 6 heteroatoms. The Hall–Kier alpha value is -4.35. The molecule has 0 unspecified atom stereocenters. The van der Waals surface area contributed by atoms with Gasteiger partial charge in [0.1, 0.15) is 0 Å². The van der Waals surface area contributed by atoms with Crippen molar-refractivity contribution in [3.8, 4) is 5.69 Å². The van der Waals surface area contributed by atoms with Gasteiger partial charge in [-0.05, 0) is 48.5 Å². The maximum atomic E-state index is 14.1. The van der Waals surface area contributed by atoms with Crippen molar-refractivity contribution in [2.75, 3.05) is 4.90 Å². The van der Waals surface area contributed by atoms with Crippen LogP contribution in [0.2, 0.25) is 5.02 Å². The Kier molecular flexibility index (Phi) is 5.62. The number of carboxylic acids is 1. The van der Waals surface area contributed by atoms with E-state index < -0.39 is 5.97 Å². The minimum atomic E-state index is -1.08. The number of halogens is 1. The highest BCUT2D eigenvalue weighted by Crippen LogP contribution is 2.33. The van der Waals surface area contributed by atoms with Gasteiger partial charge < -0.3 is 9.67 Å². The standard InChI is InChI=1S/C28H19ClN2O3/c29-19-15-16-23(28(33)34)26(17-19)30-18-24(22-13-7-8-14-25(22)30)27(32)31(20-9-3-1-4-10-20)21-11-5-2-6-12-21/h1-18H,(H,33,34). The molecule has 0 fully saturated rings. The van der Waals surface area contributed by atoms with Gasteiger partial charge >= 0.3 is 5.97 Å². The molecular weight excluding hydrogens is 448 g/mol. The van der Waals surface area contributed by atoms with E-state index in [4.69, 9.17) is 11.6 Å². The molecular formula is C28H19ClN2O3.